The number of carbonyl (C=O) groups is 2. The van der Waals surface area contributed by atoms with E-state index >= 15 is 0 Å². The molecule has 0 saturated carbocycles. The summed E-state index contributed by atoms with van der Waals surface area (Å²) in [7, 11) is 1.63. The fourth-order valence-corrected chi connectivity index (χ4v) is 6.68. The Morgan fingerprint density at radius 2 is 1.85 bits per heavy atom. The molecule has 3 atom stereocenters. The second-order valence-electron chi connectivity index (χ2n) is 12.1. The van der Waals surface area contributed by atoms with Crippen molar-refractivity contribution < 1.29 is 19.1 Å². The largest absolute Gasteiger partial charge is 0.497 e. The lowest BCUT2D eigenvalue weighted by molar-refractivity contribution is -0.133. The van der Waals surface area contributed by atoms with E-state index in [1.807, 2.05) is 66.9 Å². The summed E-state index contributed by atoms with van der Waals surface area (Å²) < 4.78 is 13.3. The van der Waals surface area contributed by atoms with Gasteiger partial charge in [-0.2, -0.15) is 0 Å². The van der Waals surface area contributed by atoms with Crippen LogP contribution in [0, 0.1) is 11.8 Å². The van der Waals surface area contributed by atoms with Crippen molar-refractivity contribution in [1.82, 2.24) is 19.7 Å². The van der Waals surface area contributed by atoms with Gasteiger partial charge in [0.15, 0.2) is 0 Å². The van der Waals surface area contributed by atoms with Crippen molar-refractivity contribution in [1.29, 1.82) is 0 Å². The van der Waals surface area contributed by atoms with E-state index in [0.717, 1.165) is 48.3 Å². The molecular weight excluding hydrogens is 516 g/mol. The Morgan fingerprint density at radius 1 is 1.10 bits per heavy atom. The van der Waals surface area contributed by atoms with Crippen molar-refractivity contribution in [2.24, 2.45) is 11.8 Å². The number of nitrogens with zero attached hydrogens (tertiary/aromatic N) is 3. The van der Waals surface area contributed by atoms with Crippen LogP contribution in [0.4, 0.5) is 0 Å². The first-order valence-corrected chi connectivity index (χ1v) is 14.9. The summed E-state index contributed by atoms with van der Waals surface area (Å²) in [5.74, 6) is 2.54. The van der Waals surface area contributed by atoms with Gasteiger partial charge in [0.25, 0.3) is 5.91 Å². The Hall–Kier alpha value is -3.52. The summed E-state index contributed by atoms with van der Waals surface area (Å²) in [6.07, 6.45) is 2.15. The zero-order chi connectivity index (χ0) is 29.1. The molecule has 8 nitrogen and oxygen atoms in total. The van der Waals surface area contributed by atoms with Crippen LogP contribution in [0.1, 0.15) is 56.6 Å². The molecule has 1 saturated heterocycles. The van der Waals surface area contributed by atoms with E-state index in [0.29, 0.717) is 43.0 Å². The molecule has 2 aromatic carbocycles. The van der Waals surface area contributed by atoms with Crippen LogP contribution in [0.3, 0.4) is 0 Å². The van der Waals surface area contributed by atoms with Crippen molar-refractivity contribution >= 4 is 22.7 Å². The van der Waals surface area contributed by atoms with Crippen molar-refractivity contribution in [2.75, 3.05) is 39.9 Å². The third-order valence-electron chi connectivity index (χ3n) is 8.61. The molecule has 3 unspecified atom stereocenters. The van der Waals surface area contributed by atoms with Crippen molar-refractivity contribution in [3.05, 3.63) is 59.8 Å². The Bertz CT molecular complexity index is 1390. The third kappa shape index (κ3) is 5.94. The minimum atomic E-state index is -1.10. The SMILES string of the molecule is CCOc1ccccc1CN1C(=O)c2cc3ccc(OC)cc3n2CC1(C)C(=O)NCCCN1CC(C)CC(C)C1. The molecule has 220 valence electrons. The maximum absolute atomic E-state index is 14.2. The minimum Gasteiger partial charge on any atom is -0.497 e. The van der Waals surface area contributed by atoms with Gasteiger partial charge in [-0.1, -0.05) is 32.0 Å². The number of fused-ring (bicyclic) bond motifs is 3. The monoisotopic (exact) mass is 560 g/mol. The molecule has 0 bridgehead atoms. The number of hydrogen-bond donors (Lipinski definition) is 1. The maximum Gasteiger partial charge on any atom is 0.271 e. The lowest BCUT2D eigenvalue weighted by atomic mass is 9.92. The van der Waals surface area contributed by atoms with E-state index in [1.54, 1.807) is 12.0 Å². The van der Waals surface area contributed by atoms with Gasteiger partial charge in [0.2, 0.25) is 5.91 Å². The van der Waals surface area contributed by atoms with Gasteiger partial charge in [-0.05, 0) is 69.3 Å². The number of likely N-dealkylation sites (tertiary alicyclic amines) is 1. The van der Waals surface area contributed by atoms with Gasteiger partial charge >= 0.3 is 0 Å². The number of aromatic nitrogens is 1. The average Bonchev–Trinajstić information content (AvgIpc) is 3.31. The standard InChI is InChI=1S/C33H44N4O4/c1-6-41-30-11-8-7-10-26(30)21-37-31(38)29-17-25-12-13-27(40-5)18-28(25)36(29)22-33(37,4)32(39)34-14-9-15-35-19-23(2)16-24(3)20-35/h7-8,10-13,17-18,23-24H,6,9,14-16,19-22H2,1-5H3,(H,34,39). The van der Waals surface area contributed by atoms with Crippen LogP contribution >= 0.6 is 0 Å². The molecule has 3 aromatic rings. The van der Waals surface area contributed by atoms with E-state index < -0.39 is 5.54 Å². The highest BCUT2D eigenvalue weighted by Crippen LogP contribution is 2.36. The lowest BCUT2D eigenvalue weighted by Crippen LogP contribution is -2.63. The average molecular weight is 561 g/mol. The van der Waals surface area contributed by atoms with Crippen LogP contribution in [0.15, 0.2) is 48.5 Å². The van der Waals surface area contributed by atoms with Crippen molar-refractivity contribution in [2.45, 2.75) is 59.2 Å². The second kappa shape index (κ2) is 12.1. The zero-order valence-corrected chi connectivity index (χ0v) is 25.1. The van der Waals surface area contributed by atoms with Crippen molar-refractivity contribution in [3.63, 3.8) is 0 Å². The molecule has 2 aliphatic heterocycles. The normalized spacial score (nSPS) is 23.0. The fraction of sp³-hybridized carbons (Fsp3) is 0.515. The molecule has 41 heavy (non-hydrogen) atoms. The number of carbonyl (C=O) groups excluding carboxylic acids is 2. The molecule has 2 amide bonds. The molecule has 3 heterocycles. The fourth-order valence-electron chi connectivity index (χ4n) is 6.68. The summed E-state index contributed by atoms with van der Waals surface area (Å²) in [6, 6.07) is 15.4. The predicted octanol–water partition coefficient (Wildman–Crippen LogP) is 4.95. The number of benzene rings is 2. The summed E-state index contributed by atoms with van der Waals surface area (Å²) in [5.41, 5.74) is 1.23. The number of ether oxygens (including phenoxy) is 2. The number of hydrogen-bond acceptors (Lipinski definition) is 5. The first-order valence-electron chi connectivity index (χ1n) is 14.9. The van der Waals surface area contributed by atoms with E-state index in [1.165, 1.54) is 6.42 Å². The quantitative estimate of drug-likeness (QED) is 0.355. The Balaban J connectivity index is 1.41. The number of rotatable bonds is 10. The summed E-state index contributed by atoms with van der Waals surface area (Å²) in [6.45, 7) is 13.4. The highest BCUT2D eigenvalue weighted by atomic mass is 16.5. The maximum atomic E-state index is 14.2. The lowest BCUT2D eigenvalue weighted by Gasteiger charge is -2.44. The van der Waals surface area contributed by atoms with Gasteiger partial charge in [0.1, 0.15) is 22.7 Å². The number of para-hydroxylation sites is 1. The molecular formula is C33H44N4O4. The van der Waals surface area contributed by atoms with Crippen LogP contribution in [-0.4, -0.2) is 71.6 Å². The molecule has 8 heteroatoms. The zero-order valence-electron chi connectivity index (χ0n) is 25.1. The topological polar surface area (TPSA) is 76.0 Å². The minimum absolute atomic E-state index is 0.143. The van der Waals surface area contributed by atoms with Crippen LogP contribution in [0.5, 0.6) is 11.5 Å². The summed E-state index contributed by atoms with van der Waals surface area (Å²) in [5, 5.41) is 4.14. The Morgan fingerprint density at radius 3 is 2.59 bits per heavy atom. The molecule has 0 radical (unpaired) electrons. The molecule has 1 N–H and O–H groups in total. The van der Waals surface area contributed by atoms with Crippen LogP contribution in [0.25, 0.3) is 10.9 Å². The molecule has 0 spiro atoms. The second-order valence-corrected chi connectivity index (χ2v) is 12.1. The van der Waals surface area contributed by atoms with Crippen LogP contribution < -0.4 is 14.8 Å². The smallest absolute Gasteiger partial charge is 0.271 e. The van der Waals surface area contributed by atoms with Gasteiger partial charge in [-0.3, -0.25) is 9.59 Å². The van der Waals surface area contributed by atoms with Crippen LogP contribution in [0.2, 0.25) is 0 Å². The van der Waals surface area contributed by atoms with Crippen LogP contribution in [-0.2, 0) is 17.9 Å². The number of methoxy groups -OCH3 is 1. The number of piperidine rings is 1. The number of amides is 2. The highest BCUT2D eigenvalue weighted by molar-refractivity contribution is 6.03. The van der Waals surface area contributed by atoms with Gasteiger partial charge < -0.3 is 29.2 Å². The summed E-state index contributed by atoms with van der Waals surface area (Å²) >= 11 is 0. The molecule has 1 aromatic heterocycles. The molecule has 0 aliphatic carbocycles. The highest BCUT2D eigenvalue weighted by Gasteiger charge is 2.47. The van der Waals surface area contributed by atoms with Gasteiger partial charge in [-0.25, -0.2) is 0 Å². The van der Waals surface area contributed by atoms with Crippen molar-refractivity contribution in [3.8, 4) is 11.5 Å². The van der Waals surface area contributed by atoms with Gasteiger partial charge in [-0.15, -0.1) is 0 Å². The van der Waals surface area contributed by atoms with Gasteiger partial charge in [0.05, 0.1) is 32.3 Å². The van der Waals surface area contributed by atoms with E-state index in [2.05, 4.69) is 24.1 Å². The molecule has 1 fully saturated rings. The first-order chi connectivity index (χ1) is 19.7. The molecule has 2 aliphatic rings. The van der Waals surface area contributed by atoms with Gasteiger partial charge in [0, 0.05) is 36.7 Å². The third-order valence-corrected chi connectivity index (χ3v) is 8.61. The Labute approximate surface area is 243 Å². The van der Waals surface area contributed by atoms with E-state index in [4.69, 9.17) is 9.47 Å². The summed E-state index contributed by atoms with van der Waals surface area (Å²) in [4.78, 5) is 32.4. The van der Waals surface area contributed by atoms with E-state index in [-0.39, 0.29) is 18.4 Å². The molecule has 5 rings (SSSR count). The predicted molar refractivity (Wildman–Crippen MR) is 161 cm³/mol. The Kier molecular flexibility index (Phi) is 8.59. The first kappa shape index (κ1) is 29.0. The number of nitrogens with one attached hydrogen (secondary N) is 1. The van der Waals surface area contributed by atoms with E-state index in [9.17, 15) is 9.59 Å².